The molecule has 0 spiro atoms. The van der Waals surface area contributed by atoms with Gasteiger partial charge in [0.25, 0.3) is 5.91 Å². The van der Waals surface area contributed by atoms with E-state index in [1.165, 1.54) is 0 Å². The molecule has 150 valence electrons. The van der Waals surface area contributed by atoms with Crippen LogP contribution in [0.1, 0.15) is 28.8 Å². The molecule has 5 nitrogen and oxygen atoms in total. The van der Waals surface area contributed by atoms with E-state index in [2.05, 4.69) is 33.4 Å². The summed E-state index contributed by atoms with van der Waals surface area (Å²) in [7, 11) is 0. The van der Waals surface area contributed by atoms with Crippen molar-refractivity contribution >= 4 is 11.7 Å². The molecule has 0 aliphatic carbocycles. The number of benzene rings is 2. The second kappa shape index (κ2) is 9.23. The smallest absolute Gasteiger partial charge is 0.251 e. The number of anilines is 1. The number of nitrogens with one attached hydrogen (secondary N) is 1. The van der Waals surface area contributed by atoms with E-state index in [4.69, 9.17) is 0 Å². The van der Waals surface area contributed by atoms with E-state index in [-0.39, 0.29) is 5.91 Å². The van der Waals surface area contributed by atoms with Gasteiger partial charge in [0.2, 0.25) is 0 Å². The Morgan fingerprint density at radius 3 is 2.60 bits per heavy atom. The first-order valence-corrected chi connectivity index (χ1v) is 10.3. The van der Waals surface area contributed by atoms with E-state index in [0.29, 0.717) is 23.6 Å². The molecule has 1 saturated heterocycles. The molecule has 1 aliphatic rings. The zero-order valence-corrected chi connectivity index (χ0v) is 16.8. The van der Waals surface area contributed by atoms with Gasteiger partial charge in [-0.15, -0.1) is 0 Å². The molecular formula is C25H24N4O. The van der Waals surface area contributed by atoms with Gasteiger partial charge in [0, 0.05) is 31.4 Å². The van der Waals surface area contributed by atoms with Crippen molar-refractivity contribution in [3.05, 3.63) is 84.1 Å². The maximum absolute atomic E-state index is 12.6. The standard InChI is InChI=1S/C25H24N4O/c26-16-23-9-4-14-27-24(23)29-15-5-6-19(18-29)17-28-25(30)22-12-10-21(11-13-22)20-7-2-1-3-8-20/h1-4,7-14,19H,5-6,15,17-18H2,(H,28,30)/t19-/m0/s1. The van der Waals surface area contributed by atoms with Gasteiger partial charge in [0.1, 0.15) is 11.9 Å². The number of hydrogen-bond donors (Lipinski definition) is 1. The van der Waals surface area contributed by atoms with Crippen molar-refractivity contribution in [2.45, 2.75) is 12.8 Å². The number of piperidine rings is 1. The molecule has 0 radical (unpaired) electrons. The second-order valence-electron chi connectivity index (χ2n) is 7.59. The quantitative estimate of drug-likeness (QED) is 0.699. The first-order valence-electron chi connectivity index (χ1n) is 10.3. The Balaban J connectivity index is 1.35. The van der Waals surface area contributed by atoms with Gasteiger partial charge in [-0.2, -0.15) is 5.26 Å². The lowest BCUT2D eigenvalue weighted by Gasteiger charge is -2.34. The molecule has 30 heavy (non-hydrogen) atoms. The predicted octanol–water partition coefficient (Wildman–Crippen LogP) is 4.27. The lowest BCUT2D eigenvalue weighted by atomic mass is 9.97. The number of nitrogens with zero attached hydrogens (tertiary/aromatic N) is 3. The Bertz CT molecular complexity index is 1040. The Kier molecular flexibility index (Phi) is 6.05. The van der Waals surface area contributed by atoms with Crippen molar-refractivity contribution in [2.24, 2.45) is 5.92 Å². The summed E-state index contributed by atoms with van der Waals surface area (Å²) in [5.41, 5.74) is 3.50. The molecule has 0 unspecified atom stereocenters. The Morgan fingerprint density at radius 2 is 1.83 bits per heavy atom. The Hall–Kier alpha value is -3.65. The summed E-state index contributed by atoms with van der Waals surface area (Å²) < 4.78 is 0. The molecule has 0 bridgehead atoms. The Morgan fingerprint density at radius 1 is 1.07 bits per heavy atom. The van der Waals surface area contributed by atoms with Crippen LogP contribution in [0.15, 0.2) is 72.9 Å². The number of pyridine rings is 1. The van der Waals surface area contributed by atoms with E-state index in [1.807, 2.05) is 42.5 Å². The van der Waals surface area contributed by atoms with Crippen LogP contribution in [0, 0.1) is 17.2 Å². The van der Waals surface area contributed by atoms with Gasteiger partial charge in [0.15, 0.2) is 0 Å². The van der Waals surface area contributed by atoms with Crippen LogP contribution >= 0.6 is 0 Å². The van der Waals surface area contributed by atoms with Crippen LogP contribution in [-0.4, -0.2) is 30.5 Å². The first kappa shape index (κ1) is 19.7. The lowest BCUT2D eigenvalue weighted by Crippen LogP contribution is -2.41. The summed E-state index contributed by atoms with van der Waals surface area (Å²) in [5.74, 6) is 1.02. The molecule has 1 fully saturated rings. The minimum absolute atomic E-state index is 0.0534. The highest BCUT2D eigenvalue weighted by Crippen LogP contribution is 2.24. The average Bonchev–Trinajstić information content (AvgIpc) is 2.83. The Labute approximate surface area is 177 Å². The number of rotatable bonds is 5. The van der Waals surface area contributed by atoms with Crippen molar-refractivity contribution in [3.63, 3.8) is 0 Å². The van der Waals surface area contributed by atoms with E-state index in [1.54, 1.807) is 18.3 Å². The van der Waals surface area contributed by atoms with Crippen molar-refractivity contribution in [1.82, 2.24) is 10.3 Å². The van der Waals surface area contributed by atoms with Gasteiger partial charge in [-0.3, -0.25) is 4.79 Å². The molecule has 1 aromatic heterocycles. The van der Waals surface area contributed by atoms with E-state index in [0.717, 1.165) is 42.9 Å². The van der Waals surface area contributed by atoms with Crippen molar-refractivity contribution < 1.29 is 4.79 Å². The van der Waals surface area contributed by atoms with E-state index in [9.17, 15) is 10.1 Å². The molecular weight excluding hydrogens is 372 g/mol. The number of carbonyl (C=O) groups excluding carboxylic acids is 1. The van der Waals surface area contributed by atoms with Crippen LogP contribution < -0.4 is 10.2 Å². The number of carbonyl (C=O) groups is 1. The normalized spacial score (nSPS) is 16.0. The highest BCUT2D eigenvalue weighted by atomic mass is 16.1. The summed E-state index contributed by atoms with van der Waals surface area (Å²) in [5, 5.41) is 12.4. The molecule has 5 heteroatoms. The maximum atomic E-state index is 12.6. The molecule has 2 aromatic carbocycles. The molecule has 3 aromatic rings. The largest absolute Gasteiger partial charge is 0.355 e. The fourth-order valence-corrected chi connectivity index (χ4v) is 3.94. The topological polar surface area (TPSA) is 69.0 Å². The van der Waals surface area contributed by atoms with E-state index < -0.39 is 0 Å². The zero-order valence-electron chi connectivity index (χ0n) is 16.8. The summed E-state index contributed by atoms with van der Waals surface area (Å²) in [6, 6.07) is 23.6. The average molecular weight is 396 g/mol. The van der Waals surface area contributed by atoms with Crippen LogP contribution in [0.3, 0.4) is 0 Å². The fourth-order valence-electron chi connectivity index (χ4n) is 3.94. The molecule has 4 rings (SSSR count). The summed E-state index contributed by atoms with van der Waals surface area (Å²) in [6.07, 6.45) is 3.80. The highest BCUT2D eigenvalue weighted by molar-refractivity contribution is 5.94. The number of hydrogen-bond acceptors (Lipinski definition) is 4. The van der Waals surface area contributed by atoms with Crippen molar-refractivity contribution in [3.8, 4) is 17.2 Å². The summed E-state index contributed by atoms with van der Waals surface area (Å²) >= 11 is 0. The van der Waals surface area contributed by atoms with Crippen molar-refractivity contribution in [1.29, 1.82) is 5.26 Å². The third-order valence-corrected chi connectivity index (χ3v) is 5.53. The van der Waals surface area contributed by atoms with Gasteiger partial charge in [-0.25, -0.2) is 4.98 Å². The van der Waals surface area contributed by atoms with Crippen LogP contribution in [0.5, 0.6) is 0 Å². The van der Waals surface area contributed by atoms with Gasteiger partial charge in [-0.1, -0.05) is 42.5 Å². The summed E-state index contributed by atoms with van der Waals surface area (Å²) in [4.78, 5) is 19.2. The molecule has 1 atom stereocenters. The van der Waals surface area contributed by atoms with Gasteiger partial charge < -0.3 is 10.2 Å². The number of aromatic nitrogens is 1. The van der Waals surface area contributed by atoms with Crippen LogP contribution in [-0.2, 0) is 0 Å². The van der Waals surface area contributed by atoms with Gasteiger partial charge >= 0.3 is 0 Å². The fraction of sp³-hybridized carbons (Fsp3) is 0.240. The molecule has 1 aliphatic heterocycles. The number of amides is 1. The zero-order chi connectivity index (χ0) is 20.8. The predicted molar refractivity (Wildman–Crippen MR) is 118 cm³/mol. The maximum Gasteiger partial charge on any atom is 0.251 e. The SMILES string of the molecule is N#Cc1cccnc1N1CCC[C@@H](CNC(=O)c2ccc(-c3ccccc3)cc2)C1. The van der Waals surface area contributed by atoms with Gasteiger partial charge in [0.05, 0.1) is 5.56 Å². The molecule has 2 heterocycles. The van der Waals surface area contributed by atoms with E-state index >= 15 is 0 Å². The monoisotopic (exact) mass is 396 g/mol. The summed E-state index contributed by atoms with van der Waals surface area (Å²) in [6.45, 7) is 2.29. The van der Waals surface area contributed by atoms with Crippen LogP contribution in [0.25, 0.3) is 11.1 Å². The molecule has 1 amide bonds. The minimum atomic E-state index is -0.0534. The molecule has 1 N–H and O–H groups in total. The molecule has 0 saturated carbocycles. The number of nitriles is 1. The van der Waals surface area contributed by atoms with Gasteiger partial charge in [-0.05, 0) is 54.2 Å². The minimum Gasteiger partial charge on any atom is -0.355 e. The highest BCUT2D eigenvalue weighted by Gasteiger charge is 2.23. The first-order chi connectivity index (χ1) is 14.7. The second-order valence-corrected chi connectivity index (χ2v) is 7.59. The van der Waals surface area contributed by atoms with Crippen molar-refractivity contribution in [2.75, 3.05) is 24.5 Å². The van der Waals surface area contributed by atoms with Crippen LogP contribution in [0.2, 0.25) is 0 Å². The lowest BCUT2D eigenvalue weighted by molar-refractivity contribution is 0.0945. The third kappa shape index (κ3) is 4.49. The third-order valence-electron chi connectivity index (χ3n) is 5.53. The van der Waals surface area contributed by atoms with Crippen LogP contribution in [0.4, 0.5) is 5.82 Å².